The molecule has 9 heteroatoms. The number of carbonyl (C=O) groups is 3. The van der Waals surface area contributed by atoms with Crippen LogP contribution in [0.15, 0.2) is 83.8 Å². The third kappa shape index (κ3) is 8.01. The summed E-state index contributed by atoms with van der Waals surface area (Å²) in [6.45, 7) is 5.56. The fourth-order valence-electron chi connectivity index (χ4n) is 3.80. The molecule has 0 aromatic heterocycles. The second-order valence-electron chi connectivity index (χ2n) is 10.1. The maximum atomic E-state index is 13.2. The molecule has 0 bridgehead atoms. The highest BCUT2D eigenvalue weighted by molar-refractivity contribution is 7.91. The summed E-state index contributed by atoms with van der Waals surface area (Å²) in [6.07, 6.45) is 0.233. The van der Waals surface area contributed by atoms with Crippen molar-refractivity contribution in [3.05, 3.63) is 95.6 Å². The van der Waals surface area contributed by atoms with Crippen molar-refractivity contribution in [3.63, 3.8) is 0 Å². The average Bonchev–Trinajstić information content (AvgIpc) is 2.87. The number of methoxy groups -OCH3 is 1. The summed E-state index contributed by atoms with van der Waals surface area (Å²) < 4.78 is 30.0. The first-order valence-electron chi connectivity index (χ1n) is 12.0. The fourth-order valence-corrected chi connectivity index (χ4v) is 5.66. The Morgan fingerprint density at radius 2 is 1.42 bits per heavy atom. The molecule has 8 nitrogen and oxygen atoms in total. The maximum Gasteiger partial charge on any atom is 0.337 e. The lowest BCUT2D eigenvalue weighted by Crippen LogP contribution is -2.45. The first-order valence-corrected chi connectivity index (χ1v) is 13.7. The molecule has 0 saturated heterocycles. The highest BCUT2D eigenvalue weighted by Crippen LogP contribution is 2.23. The molecule has 0 fully saturated rings. The van der Waals surface area contributed by atoms with E-state index in [0.29, 0.717) is 11.3 Å². The zero-order valence-corrected chi connectivity index (χ0v) is 22.7. The van der Waals surface area contributed by atoms with E-state index in [0.717, 1.165) is 5.56 Å². The summed E-state index contributed by atoms with van der Waals surface area (Å²) in [5, 5.41) is 5.53. The SMILES string of the molecule is COC(=O)c1ccc(C(=O)N[C@@H](Cc2ccccc2)C(=O)Nc2ccc(S(=O)(=O)CC(C)(C)C)cc2)cc1. The number of sulfone groups is 1. The normalized spacial score (nSPS) is 12.3. The minimum atomic E-state index is -3.48. The second-order valence-corrected chi connectivity index (χ2v) is 12.1. The molecular formula is C29H32N2O6S. The van der Waals surface area contributed by atoms with Crippen molar-refractivity contribution in [1.82, 2.24) is 5.32 Å². The highest BCUT2D eigenvalue weighted by Gasteiger charge is 2.25. The van der Waals surface area contributed by atoms with Gasteiger partial charge in [-0.3, -0.25) is 9.59 Å². The van der Waals surface area contributed by atoms with E-state index in [1.807, 2.05) is 51.1 Å². The van der Waals surface area contributed by atoms with Crippen LogP contribution in [0.3, 0.4) is 0 Å². The van der Waals surface area contributed by atoms with Crippen LogP contribution in [0, 0.1) is 5.41 Å². The number of esters is 1. The van der Waals surface area contributed by atoms with Crippen LogP contribution >= 0.6 is 0 Å². The monoisotopic (exact) mass is 536 g/mol. The molecule has 0 spiro atoms. The van der Waals surface area contributed by atoms with E-state index in [4.69, 9.17) is 0 Å². The van der Waals surface area contributed by atoms with Gasteiger partial charge in [-0.15, -0.1) is 0 Å². The van der Waals surface area contributed by atoms with Gasteiger partial charge in [-0.1, -0.05) is 51.1 Å². The fraction of sp³-hybridized carbons (Fsp3) is 0.276. The van der Waals surface area contributed by atoms with Crippen molar-refractivity contribution in [2.75, 3.05) is 18.2 Å². The highest BCUT2D eigenvalue weighted by atomic mass is 32.2. The van der Waals surface area contributed by atoms with Crippen molar-refractivity contribution in [3.8, 4) is 0 Å². The van der Waals surface area contributed by atoms with Crippen molar-refractivity contribution < 1.29 is 27.5 Å². The number of hydrogen-bond donors (Lipinski definition) is 2. The summed E-state index contributed by atoms with van der Waals surface area (Å²) in [5.41, 5.74) is 1.43. The lowest BCUT2D eigenvalue weighted by atomic mass is 10.0. The average molecular weight is 537 g/mol. The smallest absolute Gasteiger partial charge is 0.337 e. The Bertz CT molecular complexity index is 1380. The van der Waals surface area contributed by atoms with E-state index in [1.165, 1.54) is 55.6 Å². The van der Waals surface area contributed by atoms with Crippen LogP contribution in [0.2, 0.25) is 0 Å². The van der Waals surface area contributed by atoms with Crippen LogP contribution < -0.4 is 10.6 Å². The minimum Gasteiger partial charge on any atom is -0.465 e. The van der Waals surface area contributed by atoms with Crippen molar-refractivity contribution in [1.29, 1.82) is 0 Å². The van der Waals surface area contributed by atoms with Crippen molar-refractivity contribution in [2.24, 2.45) is 5.41 Å². The Balaban J connectivity index is 1.77. The Morgan fingerprint density at radius 1 is 0.842 bits per heavy atom. The first-order chi connectivity index (χ1) is 17.9. The number of hydrogen-bond acceptors (Lipinski definition) is 6. The maximum absolute atomic E-state index is 13.2. The Labute approximate surface area is 223 Å². The van der Waals surface area contributed by atoms with Crippen LogP contribution in [-0.4, -0.2) is 45.1 Å². The molecule has 3 rings (SSSR count). The molecule has 0 unspecified atom stereocenters. The molecule has 2 amide bonds. The molecule has 0 saturated carbocycles. The van der Waals surface area contributed by atoms with Gasteiger partial charge in [0.15, 0.2) is 9.84 Å². The van der Waals surface area contributed by atoms with Crippen molar-refractivity contribution in [2.45, 2.75) is 38.1 Å². The van der Waals surface area contributed by atoms with Gasteiger partial charge in [-0.25, -0.2) is 13.2 Å². The predicted molar refractivity (Wildman–Crippen MR) is 146 cm³/mol. The summed E-state index contributed by atoms with van der Waals surface area (Å²) in [4.78, 5) is 38.0. The third-order valence-corrected chi connectivity index (χ3v) is 7.81. The molecular weight excluding hydrogens is 504 g/mol. The lowest BCUT2D eigenvalue weighted by Gasteiger charge is -2.20. The quantitative estimate of drug-likeness (QED) is 0.394. The van der Waals surface area contributed by atoms with E-state index in [-0.39, 0.29) is 22.6 Å². The zero-order valence-electron chi connectivity index (χ0n) is 21.9. The van der Waals surface area contributed by atoms with Crippen LogP contribution in [-0.2, 0) is 25.8 Å². The Hall–Kier alpha value is -3.98. The first kappa shape index (κ1) is 28.6. The molecule has 3 aromatic carbocycles. The van der Waals surface area contributed by atoms with Gasteiger partial charge in [0, 0.05) is 17.7 Å². The molecule has 0 aliphatic carbocycles. The molecule has 2 N–H and O–H groups in total. The molecule has 0 radical (unpaired) electrons. The van der Waals surface area contributed by atoms with Gasteiger partial charge in [0.25, 0.3) is 5.91 Å². The summed E-state index contributed by atoms with van der Waals surface area (Å²) in [5.74, 6) is -1.47. The number of ether oxygens (including phenoxy) is 1. The molecule has 0 heterocycles. The molecule has 200 valence electrons. The zero-order chi connectivity index (χ0) is 27.9. The van der Waals surface area contributed by atoms with Crippen molar-refractivity contribution >= 4 is 33.3 Å². The van der Waals surface area contributed by atoms with Crippen LogP contribution in [0.25, 0.3) is 0 Å². The molecule has 0 aliphatic heterocycles. The van der Waals surface area contributed by atoms with Gasteiger partial charge in [0.1, 0.15) is 6.04 Å². The number of rotatable bonds is 9. The van der Waals surface area contributed by atoms with Gasteiger partial charge in [0.2, 0.25) is 5.91 Å². The number of benzene rings is 3. The standard InChI is InChI=1S/C29H32N2O6S/c1-29(2,3)19-38(35,36)24-16-14-23(15-17-24)30-27(33)25(18-20-8-6-5-7-9-20)31-26(32)21-10-12-22(13-11-21)28(34)37-4/h5-17,25H,18-19H2,1-4H3,(H,30,33)(H,31,32)/t25-/m0/s1. The topological polar surface area (TPSA) is 119 Å². The molecule has 38 heavy (non-hydrogen) atoms. The summed E-state index contributed by atoms with van der Waals surface area (Å²) in [6, 6.07) is 20.2. The van der Waals surface area contributed by atoms with E-state index in [1.54, 1.807) is 0 Å². The number of amides is 2. The summed E-state index contributed by atoms with van der Waals surface area (Å²) >= 11 is 0. The van der Waals surface area contributed by atoms with E-state index in [2.05, 4.69) is 15.4 Å². The van der Waals surface area contributed by atoms with Gasteiger partial charge < -0.3 is 15.4 Å². The Kier molecular flexibility index (Phi) is 9.06. The minimum absolute atomic E-state index is 0.00248. The van der Waals surface area contributed by atoms with Crippen LogP contribution in [0.1, 0.15) is 47.1 Å². The van der Waals surface area contributed by atoms with Gasteiger partial charge in [-0.2, -0.15) is 0 Å². The van der Waals surface area contributed by atoms with Crippen LogP contribution in [0.4, 0.5) is 5.69 Å². The second kappa shape index (κ2) is 12.0. The van der Waals surface area contributed by atoms with Gasteiger partial charge in [-0.05, 0) is 59.5 Å². The van der Waals surface area contributed by atoms with E-state index < -0.39 is 39.1 Å². The predicted octanol–water partition coefficient (Wildman–Crippen LogP) is 4.27. The number of anilines is 1. The summed E-state index contributed by atoms with van der Waals surface area (Å²) in [7, 11) is -2.20. The van der Waals surface area contributed by atoms with Gasteiger partial charge >= 0.3 is 5.97 Å². The lowest BCUT2D eigenvalue weighted by molar-refractivity contribution is -0.118. The van der Waals surface area contributed by atoms with Crippen LogP contribution in [0.5, 0.6) is 0 Å². The third-order valence-electron chi connectivity index (χ3n) is 5.58. The molecule has 3 aromatic rings. The molecule has 0 aliphatic rings. The number of carbonyl (C=O) groups excluding carboxylic acids is 3. The Morgan fingerprint density at radius 3 is 1.97 bits per heavy atom. The number of nitrogens with one attached hydrogen (secondary N) is 2. The largest absolute Gasteiger partial charge is 0.465 e. The van der Waals surface area contributed by atoms with Gasteiger partial charge in [0.05, 0.1) is 23.3 Å². The molecule has 1 atom stereocenters. The van der Waals surface area contributed by atoms with E-state index in [9.17, 15) is 22.8 Å². The van der Waals surface area contributed by atoms with E-state index >= 15 is 0 Å².